The second-order valence-corrected chi connectivity index (χ2v) is 8.80. The van der Waals surface area contributed by atoms with E-state index in [0.717, 1.165) is 5.56 Å². The molecule has 0 radical (unpaired) electrons. The Hall–Kier alpha value is -2.88. The van der Waals surface area contributed by atoms with Crippen LogP contribution in [0.15, 0.2) is 47.5 Å². The zero-order valence-corrected chi connectivity index (χ0v) is 19.2. The molecule has 0 aromatic heterocycles. The first-order valence-electron chi connectivity index (χ1n) is 10.6. The van der Waals surface area contributed by atoms with E-state index in [1.165, 1.54) is 18.0 Å². The molecule has 4 nitrogen and oxygen atoms in total. The maximum absolute atomic E-state index is 13.3. The summed E-state index contributed by atoms with van der Waals surface area (Å²) in [5.74, 6) is -1.52. The van der Waals surface area contributed by atoms with E-state index in [2.05, 4.69) is 4.99 Å². The lowest BCUT2D eigenvalue weighted by atomic mass is 9.87. The smallest absolute Gasteiger partial charge is 0.335 e. The first-order chi connectivity index (χ1) is 16.2. The number of hydrogen-bond acceptors (Lipinski definition) is 2. The number of alkyl halides is 6. The lowest BCUT2D eigenvalue weighted by Gasteiger charge is -2.39. The fourth-order valence-electron chi connectivity index (χ4n) is 4.03. The minimum atomic E-state index is -5.06. The summed E-state index contributed by atoms with van der Waals surface area (Å²) in [6, 6.07) is 7.07. The molecular formula is C24H21ClF6N2O2. The van der Waals surface area contributed by atoms with Crippen LogP contribution in [0.2, 0.25) is 5.02 Å². The Labute approximate surface area is 202 Å². The number of halogens is 7. The van der Waals surface area contributed by atoms with Gasteiger partial charge in [0.25, 0.3) is 5.91 Å². The van der Waals surface area contributed by atoms with Crippen molar-refractivity contribution in [2.45, 2.75) is 44.6 Å². The molecule has 2 amide bonds. The molecule has 0 N–H and O–H groups in total. The largest absolute Gasteiger partial charge is 0.416 e. The second-order valence-electron chi connectivity index (χ2n) is 8.36. The molecule has 1 aliphatic heterocycles. The van der Waals surface area contributed by atoms with E-state index in [0.29, 0.717) is 36.4 Å². The maximum atomic E-state index is 13.3. The Morgan fingerprint density at radius 2 is 1.60 bits per heavy atom. The molecule has 1 saturated heterocycles. The van der Waals surface area contributed by atoms with Gasteiger partial charge in [-0.25, -0.2) is 4.99 Å². The monoisotopic (exact) mass is 518 g/mol. The Bertz CT molecular complexity index is 1080. The summed E-state index contributed by atoms with van der Waals surface area (Å²) in [7, 11) is 0. The van der Waals surface area contributed by atoms with Gasteiger partial charge in [-0.3, -0.25) is 9.59 Å². The van der Waals surface area contributed by atoms with E-state index < -0.39 is 46.9 Å². The number of nitrogens with zero attached hydrogens (tertiary/aromatic N) is 2. The Balaban J connectivity index is 1.97. The number of aliphatic imine (C=N–C) groups is 1. The summed E-state index contributed by atoms with van der Waals surface area (Å²) < 4.78 is 79.8. The standard InChI is InChI=1S/C24H21ClF6N2O2/c1-14(34)32-13-16-6-7-33(21(9-16)8-15-2-4-20(25)5-3-15)22(35)17-10-18(23(26,27)28)12-19(11-17)24(29,30)31/h2-5,10-13,16,21H,6-9H2,1H3/t16?,21-/m1/s1. The minimum Gasteiger partial charge on any atom is -0.335 e. The highest BCUT2D eigenvalue weighted by molar-refractivity contribution is 6.30. The second kappa shape index (κ2) is 10.4. The SMILES string of the molecule is CC(=O)N=CC1CCN(C(=O)c2cc(C(F)(F)F)cc(C(F)(F)F)c2)[C@H](Cc2ccc(Cl)cc2)C1. The van der Waals surface area contributed by atoms with Crippen LogP contribution in [0.4, 0.5) is 26.3 Å². The summed E-state index contributed by atoms with van der Waals surface area (Å²) in [5.41, 5.74) is -3.01. The summed E-state index contributed by atoms with van der Waals surface area (Å²) in [4.78, 5) is 29.5. The van der Waals surface area contributed by atoms with Gasteiger partial charge < -0.3 is 4.90 Å². The molecule has 3 rings (SSSR count). The molecule has 11 heteroatoms. The Morgan fingerprint density at radius 3 is 2.11 bits per heavy atom. The van der Waals surface area contributed by atoms with Gasteiger partial charge in [0, 0.05) is 36.3 Å². The third-order valence-electron chi connectivity index (χ3n) is 5.70. The van der Waals surface area contributed by atoms with E-state index in [-0.39, 0.29) is 18.5 Å². The van der Waals surface area contributed by atoms with Crippen molar-refractivity contribution in [2.24, 2.45) is 10.9 Å². The van der Waals surface area contributed by atoms with Crippen molar-refractivity contribution in [1.82, 2.24) is 4.90 Å². The van der Waals surface area contributed by atoms with Crippen molar-refractivity contribution in [3.05, 3.63) is 69.7 Å². The molecular weight excluding hydrogens is 498 g/mol. The van der Waals surface area contributed by atoms with Crippen LogP contribution in [-0.2, 0) is 23.6 Å². The van der Waals surface area contributed by atoms with Crippen LogP contribution in [0.1, 0.15) is 46.8 Å². The number of piperidine rings is 1. The molecule has 1 aliphatic rings. The zero-order valence-electron chi connectivity index (χ0n) is 18.5. The molecule has 0 spiro atoms. The van der Waals surface area contributed by atoms with Crippen LogP contribution in [0.3, 0.4) is 0 Å². The van der Waals surface area contributed by atoms with E-state index in [9.17, 15) is 35.9 Å². The van der Waals surface area contributed by atoms with Gasteiger partial charge in [0.05, 0.1) is 11.1 Å². The van der Waals surface area contributed by atoms with Gasteiger partial charge in [-0.2, -0.15) is 26.3 Å². The van der Waals surface area contributed by atoms with Gasteiger partial charge in [0.1, 0.15) is 0 Å². The average Bonchev–Trinajstić information content (AvgIpc) is 2.77. The lowest BCUT2D eigenvalue weighted by Crippen LogP contribution is -2.47. The van der Waals surface area contributed by atoms with Crippen molar-refractivity contribution < 1.29 is 35.9 Å². The van der Waals surface area contributed by atoms with Crippen molar-refractivity contribution >= 4 is 29.6 Å². The van der Waals surface area contributed by atoms with Crippen LogP contribution in [0.5, 0.6) is 0 Å². The van der Waals surface area contributed by atoms with Crippen molar-refractivity contribution in [3.8, 4) is 0 Å². The number of rotatable bonds is 4. The maximum Gasteiger partial charge on any atom is 0.416 e. The fourth-order valence-corrected chi connectivity index (χ4v) is 4.15. The van der Waals surface area contributed by atoms with Crippen molar-refractivity contribution in [1.29, 1.82) is 0 Å². The van der Waals surface area contributed by atoms with E-state index in [1.54, 1.807) is 24.3 Å². The van der Waals surface area contributed by atoms with Crippen LogP contribution in [0.25, 0.3) is 0 Å². The highest BCUT2D eigenvalue weighted by Crippen LogP contribution is 2.37. The topological polar surface area (TPSA) is 49.7 Å². The van der Waals surface area contributed by atoms with Crippen LogP contribution in [0, 0.1) is 5.92 Å². The summed E-state index contributed by atoms with van der Waals surface area (Å²) in [6.45, 7) is 1.36. The van der Waals surface area contributed by atoms with Crippen LogP contribution < -0.4 is 0 Å². The van der Waals surface area contributed by atoms with Gasteiger partial charge in [-0.15, -0.1) is 0 Å². The number of amides is 2. The van der Waals surface area contributed by atoms with E-state index in [1.807, 2.05) is 0 Å². The van der Waals surface area contributed by atoms with Crippen LogP contribution in [-0.4, -0.2) is 35.5 Å². The summed E-state index contributed by atoms with van der Waals surface area (Å²) in [5, 5.41) is 0.487. The Morgan fingerprint density at radius 1 is 1.03 bits per heavy atom. The van der Waals surface area contributed by atoms with Gasteiger partial charge in [-0.1, -0.05) is 23.7 Å². The highest BCUT2D eigenvalue weighted by atomic mass is 35.5. The normalized spacial score (nSPS) is 19.3. The first-order valence-corrected chi connectivity index (χ1v) is 11.0. The molecule has 188 valence electrons. The molecule has 2 atom stereocenters. The number of carbonyl (C=O) groups excluding carboxylic acids is 2. The number of likely N-dealkylation sites (tertiary alicyclic amines) is 1. The first kappa shape index (κ1) is 26.7. The average molecular weight is 519 g/mol. The molecule has 0 aliphatic carbocycles. The predicted octanol–water partition coefficient (Wildman–Crippen LogP) is 6.46. The number of hydrogen-bond donors (Lipinski definition) is 0. The number of carbonyl (C=O) groups is 2. The highest BCUT2D eigenvalue weighted by Gasteiger charge is 2.39. The molecule has 1 unspecified atom stereocenters. The third-order valence-corrected chi connectivity index (χ3v) is 5.96. The van der Waals surface area contributed by atoms with Gasteiger partial charge in [0.15, 0.2) is 0 Å². The zero-order chi connectivity index (χ0) is 26.0. The molecule has 2 aromatic rings. The lowest BCUT2D eigenvalue weighted by molar-refractivity contribution is -0.143. The van der Waals surface area contributed by atoms with Gasteiger partial charge >= 0.3 is 12.4 Å². The summed E-state index contributed by atoms with van der Waals surface area (Å²) >= 11 is 5.91. The quantitative estimate of drug-likeness (QED) is 0.344. The molecule has 2 aromatic carbocycles. The third kappa shape index (κ3) is 7.06. The fraction of sp³-hybridized carbons (Fsp3) is 0.375. The molecule has 35 heavy (non-hydrogen) atoms. The van der Waals surface area contributed by atoms with Crippen LogP contribution >= 0.6 is 11.6 Å². The molecule has 0 bridgehead atoms. The van der Waals surface area contributed by atoms with Gasteiger partial charge in [0.2, 0.25) is 5.91 Å². The van der Waals surface area contributed by atoms with Gasteiger partial charge in [-0.05, 0) is 61.1 Å². The summed E-state index contributed by atoms with van der Waals surface area (Å²) in [6.07, 6.45) is -7.67. The number of benzene rings is 2. The molecule has 1 fully saturated rings. The molecule has 1 heterocycles. The Kier molecular flexibility index (Phi) is 7.93. The molecule has 0 saturated carbocycles. The van der Waals surface area contributed by atoms with E-state index in [4.69, 9.17) is 11.6 Å². The van der Waals surface area contributed by atoms with Crippen molar-refractivity contribution in [3.63, 3.8) is 0 Å². The predicted molar refractivity (Wildman–Crippen MR) is 118 cm³/mol. The van der Waals surface area contributed by atoms with E-state index >= 15 is 0 Å². The minimum absolute atomic E-state index is 0.00751. The van der Waals surface area contributed by atoms with Crippen molar-refractivity contribution in [2.75, 3.05) is 6.54 Å².